The molecule has 0 aliphatic heterocycles. The molecule has 1 unspecified atom stereocenters. The zero-order chi connectivity index (χ0) is 11.3. The maximum atomic E-state index is 6.32. The molecule has 0 aromatic carbocycles. The predicted octanol–water partition coefficient (Wildman–Crippen LogP) is 3.95. The van der Waals surface area contributed by atoms with Crippen molar-refractivity contribution in [1.29, 1.82) is 0 Å². The zero-order valence-electron chi connectivity index (χ0n) is 10.5. The topological polar surface area (TPSA) is 12.0 Å². The van der Waals surface area contributed by atoms with Crippen molar-refractivity contribution in [3.05, 3.63) is 0 Å². The van der Waals surface area contributed by atoms with Gasteiger partial charge in [0.25, 0.3) is 0 Å². The highest BCUT2D eigenvalue weighted by molar-refractivity contribution is 6.20. The maximum absolute atomic E-state index is 6.32. The molecule has 1 rings (SSSR count). The number of hydrogen-bond donors (Lipinski definition) is 1. The van der Waals surface area contributed by atoms with Gasteiger partial charge in [0.1, 0.15) is 0 Å². The SMILES string of the molecule is CC(C)(C)CC(Cl)CNC1CCCCC1. The quantitative estimate of drug-likeness (QED) is 0.723. The van der Waals surface area contributed by atoms with E-state index in [2.05, 4.69) is 26.1 Å². The molecule has 1 saturated carbocycles. The lowest BCUT2D eigenvalue weighted by Gasteiger charge is -2.26. The molecule has 1 atom stereocenters. The zero-order valence-corrected chi connectivity index (χ0v) is 11.2. The van der Waals surface area contributed by atoms with Gasteiger partial charge in [-0.05, 0) is 24.7 Å². The Morgan fingerprint density at radius 3 is 2.33 bits per heavy atom. The largest absolute Gasteiger partial charge is 0.313 e. The molecule has 2 heteroatoms. The third-order valence-electron chi connectivity index (χ3n) is 3.07. The van der Waals surface area contributed by atoms with Crippen LogP contribution in [-0.2, 0) is 0 Å². The summed E-state index contributed by atoms with van der Waals surface area (Å²) >= 11 is 6.32. The minimum atomic E-state index is 0.284. The van der Waals surface area contributed by atoms with Crippen molar-refractivity contribution >= 4 is 11.6 Å². The second kappa shape index (κ2) is 6.10. The summed E-state index contributed by atoms with van der Waals surface area (Å²) in [6.07, 6.45) is 7.99. The van der Waals surface area contributed by atoms with Gasteiger partial charge in [-0.3, -0.25) is 0 Å². The summed E-state index contributed by atoms with van der Waals surface area (Å²) in [6, 6.07) is 0.736. The molecule has 15 heavy (non-hydrogen) atoms. The van der Waals surface area contributed by atoms with Crippen LogP contribution in [0.4, 0.5) is 0 Å². The van der Waals surface area contributed by atoms with Gasteiger partial charge in [0.2, 0.25) is 0 Å². The van der Waals surface area contributed by atoms with Gasteiger partial charge in [0.05, 0.1) is 0 Å². The molecule has 0 aromatic heterocycles. The van der Waals surface area contributed by atoms with Gasteiger partial charge in [-0.15, -0.1) is 11.6 Å². The van der Waals surface area contributed by atoms with Crippen LogP contribution in [0.5, 0.6) is 0 Å². The molecular weight excluding hydrogens is 206 g/mol. The Morgan fingerprint density at radius 1 is 1.20 bits per heavy atom. The van der Waals surface area contributed by atoms with Crippen LogP contribution >= 0.6 is 11.6 Å². The van der Waals surface area contributed by atoms with Gasteiger partial charge in [0.15, 0.2) is 0 Å². The van der Waals surface area contributed by atoms with Crippen molar-refractivity contribution in [2.45, 2.75) is 70.7 Å². The van der Waals surface area contributed by atoms with E-state index in [1.807, 2.05) is 0 Å². The highest BCUT2D eigenvalue weighted by Crippen LogP contribution is 2.24. The first-order chi connectivity index (χ1) is 6.97. The van der Waals surface area contributed by atoms with Gasteiger partial charge >= 0.3 is 0 Å². The van der Waals surface area contributed by atoms with Crippen molar-refractivity contribution in [3.8, 4) is 0 Å². The molecule has 90 valence electrons. The van der Waals surface area contributed by atoms with E-state index in [4.69, 9.17) is 11.6 Å². The second-order valence-electron chi connectivity index (χ2n) is 6.11. The van der Waals surface area contributed by atoms with E-state index in [1.165, 1.54) is 32.1 Å². The third kappa shape index (κ3) is 6.42. The second-order valence-corrected chi connectivity index (χ2v) is 6.72. The number of halogens is 1. The van der Waals surface area contributed by atoms with Crippen molar-refractivity contribution in [3.63, 3.8) is 0 Å². The molecule has 0 amide bonds. The lowest BCUT2D eigenvalue weighted by molar-refractivity contribution is 0.337. The first kappa shape index (κ1) is 13.3. The minimum Gasteiger partial charge on any atom is -0.313 e. The number of alkyl halides is 1. The fourth-order valence-electron chi connectivity index (χ4n) is 2.34. The third-order valence-corrected chi connectivity index (χ3v) is 3.38. The van der Waals surface area contributed by atoms with E-state index in [0.29, 0.717) is 5.41 Å². The van der Waals surface area contributed by atoms with Crippen LogP contribution in [0.3, 0.4) is 0 Å². The molecule has 0 spiro atoms. The monoisotopic (exact) mass is 231 g/mol. The van der Waals surface area contributed by atoms with Crippen molar-refractivity contribution in [2.75, 3.05) is 6.54 Å². The molecule has 0 saturated heterocycles. The highest BCUT2D eigenvalue weighted by Gasteiger charge is 2.18. The Kier molecular flexibility index (Phi) is 5.42. The standard InChI is InChI=1S/C13H26ClN/c1-13(2,3)9-11(14)10-15-12-7-5-4-6-8-12/h11-12,15H,4-10H2,1-3H3. The first-order valence-electron chi connectivity index (χ1n) is 6.35. The highest BCUT2D eigenvalue weighted by atomic mass is 35.5. The maximum Gasteiger partial charge on any atom is 0.0465 e. The van der Waals surface area contributed by atoms with E-state index in [9.17, 15) is 0 Å². The number of nitrogens with one attached hydrogen (secondary N) is 1. The van der Waals surface area contributed by atoms with Crippen molar-refractivity contribution < 1.29 is 0 Å². The summed E-state index contributed by atoms with van der Waals surface area (Å²) in [5.41, 5.74) is 0.348. The van der Waals surface area contributed by atoms with Crippen LogP contribution < -0.4 is 5.32 Å². The molecule has 0 radical (unpaired) electrons. The molecule has 1 aliphatic carbocycles. The van der Waals surface area contributed by atoms with Gasteiger partial charge in [-0.1, -0.05) is 40.0 Å². The number of rotatable bonds is 4. The van der Waals surface area contributed by atoms with E-state index in [-0.39, 0.29) is 5.38 Å². The smallest absolute Gasteiger partial charge is 0.0465 e. The Balaban J connectivity index is 2.12. The lowest BCUT2D eigenvalue weighted by Crippen LogP contribution is -2.36. The van der Waals surface area contributed by atoms with E-state index in [0.717, 1.165) is 19.0 Å². The fourth-order valence-corrected chi connectivity index (χ4v) is 2.89. The van der Waals surface area contributed by atoms with Gasteiger partial charge in [-0.25, -0.2) is 0 Å². The summed E-state index contributed by atoms with van der Waals surface area (Å²) in [5, 5.41) is 3.90. The Hall–Kier alpha value is 0.250. The average molecular weight is 232 g/mol. The lowest BCUT2D eigenvalue weighted by atomic mass is 9.90. The summed E-state index contributed by atoms with van der Waals surface area (Å²) in [5.74, 6) is 0. The molecule has 1 fully saturated rings. The average Bonchev–Trinajstić information content (AvgIpc) is 2.14. The minimum absolute atomic E-state index is 0.284. The summed E-state index contributed by atoms with van der Waals surface area (Å²) in [6.45, 7) is 7.73. The van der Waals surface area contributed by atoms with Crippen molar-refractivity contribution in [1.82, 2.24) is 5.32 Å². The molecule has 0 bridgehead atoms. The normalized spacial score (nSPS) is 21.6. The van der Waals surface area contributed by atoms with Crippen LogP contribution in [-0.4, -0.2) is 18.0 Å². The van der Waals surface area contributed by atoms with Crippen LogP contribution in [0.1, 0.15) is 59.3 Å². The Bertz CT molecular complexity index is 168. The molecule has 1 N–H and O–H groups in total. The van der Waals surface area contributed by atoms with Gasteiger partial charge in [-0.2, -0.15) is 0 Å². The van der Waals surface area contributed by atoms with E-state index in [1.54, 1.807) is 0 Å². The van der Waals surface area contributed by atoms with E-state index >= 15 is 0 Å². The summed E-state index contributed by atoms with van der Waals surface area (Å²) in [4.78, 5) is 0. The molecule has 1 aliphatic rings. The predicted molar refractivity (Wildman–Crippen MR) is 68.6 cm³/mol. The molecule has 0 aromatic rings. The molecular formula is C13H26ClN. The Labute approximate surface area is 100.0 Å². The van der Waals surface area contributed by atoms with E-state index < -0.39 is 0 Å². The number of hydrogen-bond acceptors (Lipinski definition) is 1. The van der Waals surface area contributed by atoms with Crippen LogP contribution in [0.2, 0.25) is 0 Å². The molecule has 1 nitrogen and oxygen atoms in total. The summed E-state index contributed by atoms with van der Waals surface area (Å²) in [7, 11) is 0. The van der Waals surface area contributed by atoms with Gasteiger partial charge < -0.3 is 5.32 Å². The Morgan fingerprint density at radius 2 is 1.80 bits per heavy atom. The van der Waals surface area contributed by atoms with Gasteiger partial charge in [0, 0.05) is 18.0 Å². The van der Waals surface area contributed by atoms with Crippen molar-refractivity contribution in [2.24, 2.45) is 5.41 Å². The van der Waals surface area contributed by atoms with Crippen LogP contribution in [0.15, 0.2) is 0 Å². The fraction of sp³-hybridized carbons (Fsp3) is 1.00. The van der Waals surface area contributed by atoms with Crippen LogP contribution in [0, 0.1) is 5.41 Å². The molecule has 0 heterocycles. The van der Waals surface area contributed by atoms with Crippen LogP contribution in [0.25, 0.3) is 0 Å². The summed E-state index contributed by atoms with van der Waals surface area (Å²) < 4.78 is 0. The first-order valence-corrected chi connectivity index (χ1v) is 6.78.